The highest BCUT2D eigenvalue weighted by Crippen LogP contribution is 1.94. The van der Waals surface area contributed by atoms with Crippen molar-refractivity contribution in [2.24, 2.45) is 0 Å². The van der Waals surface area contributed by atoms with Gasteiger partial charge in [0, 0.05) is 13.1 Å². The summed E-state index contributed by atoms with van der Waals surface area (Å²) in [5, 5.41) is 24.3. The lowest BCUT2D eigenvalue weighted by molar-refractivity contribution is -0.137. The van der Waals surface area contributed by atoms with Gasteiger partial charge in [0.1, 0.15) is 6.54 Å². The third-order valence-electron chi connectivity index (χ3n) is 2.45. The molecule has 1 aromatic heterocycles. The molecule has 0 aliphatic heterocycles. The lowest BCUT2D eigenvalue weighted by atomic mass is 10.3. The van der Waals surface area contributed by atoms with Crippen molar-refractivity contribution >= 4 is 17.8 Å². The Balaban J connectivity index is 2.45. The van der Waals surface area contributed by atoms with Crippen molar-refractivity contribution in [1.82, 2.24) is 30.8 Å². The molecule has 3 N–H and O–H groups in total. The predicted octanol–water partition coefficient (Wildman–Crippen LogP) is -1.67. The molecule has 116 valence electrons. The van der Waals surface area contributed by atoms with Gasteiger partial charge in [-0.1, -0.05) is 6.92 Å². The van der Waals surface area contributed by atoms with Crippen LogP contribution in [-0.2, 0) is 27.3 Å². The van der Waals surface area contributed by atoms with Crippen LogP contribution in [0.4, 0.5) is 0 Å². The number of aromatic nitrogens is 4. The lowest BCUT2D eigenvalue weighted by Crippen LogP contribution is -2.31. The Labute approximate surface area is 120 Å². The fourth-order valence-electron chi connectivity index (χ4n) is 1.44. The summed E-state index contributed by atoms with van der Waals surface area (Å²) in [7, 11) is 0. The van der Waals surface area contributed by atoms with Gasteiger partial charge in [-0.05, 0) is 16.8 Å². The van der Waals surface area contributed by atoms with Gasteiger partial charge < -0.3 is 15.7 Å². The molecule has 0 radical (unpaired) electrons. The van der Waals surface area contributed by atoms with Crippen LogP contribution in [0, 0.1) is 0 Å². The highest BCUT2D eigenvalue weighted by atomic mass is 16.4. The van der Waals surface area contributed by atoms with Crippen LogP contribution >= 0.6 is 0 Å². The standard InChI is InChI=1S/C11H18N6O4/c1-2-4-12-10(19)7-17-8(14-15-16-17)6-9(18)13-5-3-11(20)21/h2-7H2,1H3,(H,12,19)(H,13,18)(H,20,21). The van der Waals surface area contributed by atoms with Crippen molar-refractivity contribution < 1.29 is 19.5 Å². The first-order chi connectivity index (χ1) is 10.0. The minimum atomic E-state index is -0.993. The lowest BCUT2D eigenvalue weighted by Gasteiger charge is -2.06. The van der Waals surface area contributed by atoms with Gasteiger partial charge in [0.25, 0.3) is 0 Å². The van der Waals surface area contributed by atoms with E-state index < -0.39 is 11.9 Å². The summed E-state index contributed by atoms with van der Waals surface area (Å²) < 4.78 is 1.24. The average molecular weight is 298 g/mol. The topological polar surface area (TPSA) is 139 Å². The van der Waals surface area contributed by atoms with E-state index in [0.717, 1.165) is 6.42 Å². The monoisotopic (exact) mass is 298 g/mol. The zero-order chi connectivity index (χ0) is 15.7. The first-order valence-electron chi connectivity index (χ1n) is 6.53. The van der Waals surface area contributed by atoms with Crippen molar-refractivity contribution in [3.63, 3.8) is 0 Å². The number of carboxylic acid groups (broad SMARTS) is 1. The van der Waals surface area contributed by atoms with Crippen LogP contribution in [0.5, 0.6) is 0 Å². The summed E-state index contributed by atoms with van der Waals surface area (Å²) in [5.74, 6) is -1.39. The second kappa shape index (κ2) is 8.61. The Bertz CT molecular complexity index is 501. The van der Waals surface area contributed by atoms with Gasteiger partial charge in [-0.2, -0.15) is 0 Å². The maximum absolute atomic E-state index is 11.6. The van der Waals surface area contributed by atoms with Gasteiger partial charge in [0.05, 0.1) is 12.8 Å². The largest absolute Gasteiger partial charge is 0.481 e. The number of carboxylic acids is 1. The first kappa shape index (κ1) is 16.5. The van der Waals surface area contributed by atoms with Crippen LogP contribution in [0.15, 0.2) is 0 Å². The Morgan fingerprint density at radius 1 is 1.19 bits per heavy atom. The van der Waals surface area contributed by atoms with E-state index in [0.29, 0.717) is 6.54 Å². The van der Waals surface area contributed by atoms with Gasteiger partial charge in [0.2, 0.25) is 11.8 Å². The fourth-order valence-corrected chi connectivity index (χ4v) is 1.44. The van der Waals surface area contributed by atoms with Crippen molar-refractivity contribution in [1.29, 1.82) is 0 Å². The molecule has 1 heterocycles. The van der Waals surface area contributed by atoms with Gasteiger partial charge in [-0.15, -0.1) is 5.10 Å². The number of rotatable bonds is 9. The number of nitrogens with one attached hydrogen (secondary N) is 2. The summed E-state index contributed by atoms with van der Waals surface area (Å²) in [6.45, 7) is 2.47. The summed E-state index contributed by atoms with van der Waals surface area (Å²) in [6.07, 6.45) is 0.546. The molecule has 0 fully saturated rings. The highest BCUT2D eigenvalue weighted by molar-refractivity contribution is 5.79. The molecule has 10 nitrogen and oxygen atoms in total. The summed E-state index contributed by atoms with van der Waals surface area (Å²) in [6, 6.07) is 0. The maximum Gasteiger partial charge on any atom is 0.305 e. The molecule has 0 bridgehead atoms. The molecule has 0 aliphatic rings. The summed E-state index contributed by atoms with van der Waals surface area (Å²) in [4.78, 5) is 33.5. The number of carbonyl (C=O) groups excluding carboxylic acids is 2. The molecular formula is C11H18N6O4. The Morgan fingerprint density at radius 3 is 2.57 bits per heavy atom. The molecule has 0 saturated heterocycles. The molecule has 0 aromatic carbocycles. The SMILES string of the molecule is CCCNC(=O)Cn1nnnc1CC(=O)NCCC(=O)O. The molecule has 10 heteroatoms. The Morgan fingerprint density at radius 2 is 1.90 bits per heavy atom. The van der Waals surface area contributed by atoms with Crippen LogP contribution in [0.1, 0.15) is 25.6 Å². The third kappa shape index (κ3) is 6.45. The smallest absolute Gasteiger partial charge is 0.305 e. The van der Waals surface area contributed by atoms with Crippen molar-refractivity contribution in [2.75, 3.05) is 13.1 Å². The number of aliphatic carboxylic acids is 1. The molecule has 0 atom stereocenters. The number of hydrogen-bond acceptors (Lipinski definition) is 6. The molecule has 0 unspecified atom stereocenters. The number of nitrogens with zero attached hydrogens (tertiary/aromatic N) is 4. The normalized spacial score (nSPS) is 10.1. The van der Waals surface area contributed by atoms with E-state index in [2.05, 4.69) is 26.2 Å². The van der Waals surface area contributed by atoms with Crippen LogP contribution in [0.3, 0.4) is 0 Å². The van der Waals surface area contributed by atoms with E-state index in [4.69, 9.17) is 5.11 Å². The predicted molar refractivity (Wildman–Crippen MR) is 70.1 cm³/mol. The van der Waals surface area contributed by atoms with Gasteiger partial charge in [-0.25, -0.2) is 4.68 Å². The molecule has 21 heavy (non-hydrogen) atoms. The van der Waals surface area contributed by atoms with Gasteiger partial charge >= 0.3 is 5.97 Å². The highest BCUT2D eigenvalue weighted by Gasteiger charge is 2.13. The van der Waals surface area contributed by atoms with Crippen molar-refractivity contribution in [2.45, 2.75) is 32.7 Å². The Kier molecular flexibility index (Phi) is 6.78. The van der Waals surface area contributed by atoms with Crippen LogP contribution in [-0.4, -0.2) is 56.2 Å². The van der Waals surface area contributed by atoms with E-state index >= 15 is 0 Å². The number of hydrogen-bond donors (Lipinski definition) is 3. The zero-order valence-corrected chi connectivity index (χ0v) is 11.7. The van der Waals surface area contributed by atoms with E-state index in [1.807, 2.05) is 6.92 Å². The molecule has 2 amide bonds. The van der Waals surface area contributed by atoms with E-state index in [-0.39, 0.29) is 37.7 Å². The molecule has 1 rings (SSSR count). The van der Waals surface area contributed by atoms with Gasteiger partial charge in [-0.3, -0.25) is 14.4 Å². The maximum atomic E-state index is 11.6. The fraction of sp³-hybridized carbons (Fsp3) is 0.636. The van der Waals surface area contributed by atoms with Crippen molar-refractivity contribution in [3.8, 4) is 0 Å². The molecular weight excluding hydrogens is 280 g/mol. The first-order valence-corrected chi connectivity index (χ1v) is 6.53. The molecule has 1 aromatic rings. The zero-order valence-electron chi connectivity index (χ0n) is 11.7. The summed E-state index contributed by atoms with van der Waals surface area (Å²) in [5.41, 5.74) is 0. The molecule has 0 spiro atoms. The Hall–Kier alpha value is -2.52. The van der Waals surface area contributed by atoms with Crippen molar-refractivity contribution in [3.05, 3.63) is 5.82 Å². The average Bonchev–Trinajstić information content (AvgIpc) is 2.83. The van der Waals surface area contributed by atoms with Crippen LogP contribution < -0.4 is 10.6 Å². The quantitative estimate of drug-likeness (QED) is 0.495. The van der Waals surface area contributed by atoms with Gasteiger partial charge in [0.15, 0.2) is 5.82 Å². The van der Waals surface area contributed by atoms with E-state index in [1.165, 1.54) is 4.68 Å². The van der Waals surface area contributed by atoms with E-state index in [1.54, 1.807) is 0 Å². The second-order valence-electron chi connectivity index (χ2n) is 4.27. The second-order valence-corrected chi connectivity index (χ2v) is 4.27. The number of tetrazole rings is 1. The van der Waals surface area contributed by atoms with Crippen LogP contribution in [0.2, 0.25) is 0 Å². The van der Waals surface area contributed by atoms with Crippen LogP contribution in [0.25, 0.3) is 0 Å². The number of carbonyl (C=O) groups is 3. The minimum Gasteiger partial charge on any atom is -0.481 e. The molecule has 0 aliphatic carbocycles. The number of amides is 2. The molecule has 0 saturated carbocycles. The van der Waals surface area contributed by atoms with E-state index in [9.17, 15) is 14.4 Å². The third-order valence-corrected chi connectivity index (χ3v) is 2.45. The summed E-state index contributed by atoms with van der Waals surface area (Å²) >= 11 is 0. The minimum absolute atomic E-state index is 0.0344.